The van der Waals surface area contributed by atoms with Crippen molar-refractivity contribution in [2.45, 2.75) is 31.8 Å². The highest BCUT2D eigenvalue weighted by molar-refractivity contribution is 5.81. The van der Waals surface area contributed by atoms with E-state index in [2.05, 4.69) is 15.0 Å². The summed E-state index contributed by atoms with van der Waals surface area (Å²) in [6.07, 6.45) is -0.307. The van der Waals surface area contributed by atoms with Gasteiger partial charge in [-0.15, -0.1) is 0 Å². The van der Waals surface area contributed by atoms with Crippen molar-refractivity contribution in [3.05, 3.63) is 12.4 Å². The van der Waals surface area contributed by atoms with Crippen molar-refractivity contribution in [2.75, 3.05) is 5.73 Å². The zero-order valence-electron chi connectivity index (χ0n) is 9.62. The maximum atomic E-state index is 13.2. The van der Waals surface area contributed by atoms with Gasteiger partial charge >= 0.3 is 6.08 Å². The fourth-order valence-corrected chi connectivity index (χ4v) is 2.09. The number of nitrogens with two attached hydrogens (primary N) is 1. The molecule has 0 amide bonds. The summed E-state index contributed by atoms with van der Waals surface area (Å²) in [5, 5.41) is 9.66. The Balaban J connectivity index is 2.08. The SMILES string of the molecule is C[C@H]1O[C@@H](n2cnc3c(N)nc(F)nc32)C[C@@H]1O. The highest BCUT2D eigenvalue weighted by atomic mass is 19.1. The number of imidazole rings is 1. The van der Waals surface area contributed by atoms with Crippen LogP contribution >= 0.6 is 0 Å². The maximum absolute atomic E-state index is 13.2. The Labute approximate surface area is 101 Å². The van der Waals surface area contributed by atoms with Crippen LogP contribution in [0.4, 0.5) is 10.2 Å². The van der Waals surface area contributed by atoms with Gasteiger partial charge in [-0.1, -0.05) is 0 Å². The van der Waals surface area contributed by atoms with Crippen molar-refractivity contribution in [3.63, 3.8) is 0 Å². The minimum Gasteiger partial charge on any atom is -0.390 e. The van der Waals surface area contributed by atoms with Crippen molar-refractivity contribution in [1.29, 1.82) is 0 Å². The molecule has 0 bridgehead atoms. The first-order valence-electron chi connectivity index (χ1n) is 5.55. The van der Waals surface area contributed by atoms with Crippen molar-refractivity contribution in [1.82, 2.24) is 19.5 Å². The first kappa shape index (κ1) is 11.3. The van der Waals surface area contributed by atoms with Crippen molar-refractivity contribution < 1.29 is 14.2 Å². The monoisotopic (exact) mass is 253 g/mol. The van der Waals surface area contributed by atoms with Crippen LogP contribution in [0.15, 0.2) is 6.33 Å². The minimum atomic E-state index is -0.909. The molecule has 1 fully saturated rings. The van der Waals surface area contributed by atoms with Crippen LogP contribution in [0.3, 0.4) is 0 Å². The number of aromatic nitrogens is 4. The third kappa shape index (κ3) is 1.61. The lowest BCUT2D eigenvalue weighted by atomic mass is 10.2. The molecular formula is C10H12FN5O2. The van der Waals surface area contributed by atoms with E-state index in [0.29, 0.717) is 11.9 Å². The summed E-state index contributed by atoms with van der Waals surface area (Å²) >= 11 is 0. The van der Waals surface area contributed by atoms with Crippen LogP contribution in [0.1, 0.15) is 19.6 Å². The first-order chi connectivity index (χ1) is 8.56. The molecule has 0 aliphatic carbocycles. The summed E-state index contributed by atoms with van der Waals surface area (Å²) in [4.78, 5) is 11.1. The third-order valence-electron chi connectivity index (χ3n) is 3.09. The van der Waals surface area contributed by atoms with Gasteiger partial charge in [0.1, 0.15) is 6.23 Å². The number of rotatable bonds is 1. The summed E-state index contributed by atoms with van der Waals surface area (Å²) in [5.41, 5.74) is 6.16. The summed E-state index contributed by atoms with van der Waals surface area (Å²) < 4.78 is 20.3. The van der Waals surface area contributed by atoms with Gasteiger partial charge in [-0.3, -0.25) is 4.57 Å². The molecular weight excluding hydrogens is 241 g/mol. The lowest BCUT2D eigenvalue weighted by Crippen LogP contribution is -2.15. The van der Waals surface area contributed by atoms with Gasteiger partial charge in [-0.25, -0.2) is 4.98 Å². The van der Waals surface area contributed by atoms with Crippen LogP contribution in [-0.2, 0) is 4.74 Å². The predicted molar refractivity (Wildman–Crippen MR) is 59.9 cm³/mol. The second kappa shape index (κ2) is 3.85. The van der Waals surface area contributed by atoms with E-state index in [1.54, 1.807) is 11.5 Å². The average molecular weight is 253 g/mol. The molecule has 1 saturated heterocycles. The second-order valence-corrected chi connectivity index (χ2v) is 4.30. The molecule has 3 N–H and O–H groups in total. The first-order valence-corrected chi connectivity index (χ1v) is 5.55. The van der Waals surface area contributed by atoms with E-state index >= 15 is 0 Å². The number of nitrogen functional groups attached to an aromatic ring is 1. The molecule has 7 nitrogen and oxygen atoms in total. The number of fused-ring (bicyclic) bond motifs is 1. The maximum Gasteiger partial charge on any atom is 0.312 e. The molecule has 0 aromatic carbocycles. The Kier molecular flexibility index (Phi) is 2.42. The average Bonchev–Trinajstić information content (AvgIpc) is 2.83. The van der Waals surface area contributed by atoms with Crippen molar-refractivity contribution in [2.24, 2.45) is 0 Å². The normalized spacial score (nSPS) is 28.1. The van der Waals surface area contributed by atoms with E-state index in [1.807, 2.05) is 0 Å². The topological polar surface area (TPSA) is 99.1 Å². The lowest BCUT2D eigenvalue weighted by molar-refractivity contribution is -0.00636. The summed E-state index contributed by atoms with van der Waals surface area (Å²) in [6.45, 7) is 1.77. The Morgan fingerprint density at radius 2 is 2.33 bits per heavy atom. The number of aliphatic hydroxyl groups is 1. The van der Waals surface area contributed by atoms with Gasteiger partial charge < -0.3 is 15.6 Å². The molecule has 0 radical (unpaired) electrons. The molecule has 1 aliphatic rings. The van der Waals surface area contributed by atoms with Gasteiger partial charge in [0, 0.05) is 6.42 Å². The van der Waals surface area contributed by atoms with Crippen molar-refractivity contribution in [3.8, 4) is 0 Å². The predicted octanol–water partition coefficient (Wildman–Crippen LogP) is 0.216. The molecule has 18 heavy (non-hydrogen) atoms. The van der Waals surface area contributed by atoms with E-state index < -0.39 is 18.4 Å². The fourth-order valence-electron chi connectivity index (χ4n) is 2.09. The van der Waals surface area contributed by atoms with Gasteiger partial charge in [0.15, 0.2) is 17.0 Å². The highest BCUT2D eigenvalue weighted by Crippen LogP contribution is 2.31. The highest BCUT2D eigenvalue weighted by Gasteiger charge is 2.33. The number of ether oxygens (including phenoxy) is 1. The molecule has 3 atom stereocenters. The minimum absolute atomic E-state index is 0.0113. The molecule has 0 spiro atoms. The number of hydrogen-bond acceptors (Lipinski definition) is 6. The number of hydrogen-bond donors (Lipinski definition) is 2. The number of aliphatic hydroxyl groups excluding tert-OH is 1. The Morgan fingerprint density at radius 3 is 3.00 bits per heavy atom. The molecule has 8 heteroatoms. The van der Waals surface area contributed by atoms with E-state index in [-0.39, 0.29) is 17.6 Å². The summed E-state index contributed by atoms with van der Waals surface area (Å²) in [7, 11) is 0. The molecule has 0 saturated carbocycles. The van der Waals surface area contributed by atoms with Gasteiger partial charge in [0.2, 0.25) is 0 Å². The van der Waals surface area contributed by atoms with Crippen LogP contribution in [0, 0.1) is 6.08 Å². The molecule has 2 aromatic rings. The Hall–Kier alpha value is -1.80. The quantitative estimate of drug-likeness (QED) is 0.705. The molecule has 2 aromatic heterocycles. The molecule has 0 unspecified atom stereocenters. The van der Waals surface area contributed by atoms with Gasteiger partial charge in [-0.2, -0.15) is 14.4 Å². The van der Waals surface area contributed by atoms with E-state index in [1.165, 1.54) is 6.33 Å². The van der Waals surface area contributed by atoms with Crippen LogP contribution in [0.25, 0.3) is 11.2 Å². The number of anilines is 1. The molecule has 3 rings (SSSR count). The van der Waals surface area contributed by atoms with Crippen LogP contribution in [-0.4, -0.2) is 36.8 Å². The summed E-state index contributed by atoms with van der Waals surface area (Å²) in [6, 6.07) is 0. The lowest BCUT2D eigenvalue weighted by Gasteiger charge is -2.12. The van der Waals surface area contributed by atoms with E-state index in [0.717, 1.165) is 0 Å². The van der Waals surface area contributed by atoms with E-state index in [4.69, 9.17) is 10.5 Å². The number of nitrogens with zero attached hydrogens (tertiary/aromatic N) is 4. The Morgan fingerprint density at radius 1 is 1.56 bits per heavy atom. The molecule has 96 valence electrons. The third-order valence-corrected chi connectivity index (χ3v) is 3.09. The molecule has 3 heterocycles. The molecule has 1 aliphatic heterocycles. The smallest absolute Gasteiger partial charge is 0.312 e. The summed E-state index contributed by atoms with van der Waals surface area (Å²) in [5.74, 6) is -0.0113. The van der Waals surface area contributed by atoms with Crippen LogP contribution < -0.4 is 5.73 Å². The largest absolute Gasteiger partial charge is 0.390 e. The van der Waals surface area contributed by atoms with Crippen molar-refractivity contribution >= 4 is 17.0 Å². The van der Waals surface area contributed by atoms with Gasteiger partial charge in [-0.05, 0) is 6.92 Å². The van der Waals surface area contributed by atoms with Gasteiger partial charge in [0.05, 0.1) is 18.5 Å². The fraction of sp³-hybridized carbons (Fsp3) is 0.500. The second-order valence-electron chi connectivity index (χ2n) is 4.30. The van der Waals surface area contributed by atoms with Gasteiger partial charge in [0.25, 0.3) is 0 Å². The van der Waals surface area contributed by atoms with Crippen LogP contribution in [0.5, 0.6) is 0 Å². The Bertz CT molecular complexity index is 591. The number of halogens is 1. The zero-order chi connectivity index (χ0) is 12.9. The standard InChI is InChI=1S/C10H12FN5O2/c1-4-5(17)2-6(18-4)16-3-13-7-8(12)14-10(11)15-9(7)16/h3-6,17H,2H2,1H3,(H2,12,14,15)/t4-,5+,6-/m1/s1. The zero-order valence-corrected chi connectivity index (χ0v) is 9.62. The van der Waals surface area contributed by atoms with E-state index in [9.17, 15) is 9.50 Å². The van der Waals surface area contributed by atoms with Crippen LogP contribution in [0.2, 0.25) is 0 Å².